The van der Waals surface area contributed by atoms with Crippen molar-refractivity contribution < 1.29 is 13.9 Å². The summed E-state index contributed by atoms with van der Waals surface area (Å²) in [7, 11) is 3.69. The average molecular weight is 608 g/mol. The number of aliphatic imine (C=N–C) groups is 1. The Morgan fingerprint density at radius 3 is 2.90 bits per heavy atom. The number of ether oxygens (including phenoxy) is 1. The lowest BCUT2D eigenvalue weighted by Gasteiger charge is -2.19. The summed E-state index contributed by atoms with van der Waals surface area (Å²) in [5.74, 6) is 0.283. The molecule has 4 aromatic rings. The zero-order valence-electron chi connectivity index (χ0n) is 23.7. The van der Waals surface area contributed by atoms with Crippen LogP contribution in [0.25, 0.3) is 25.9 Å². The molecule has 3 N–H and O–H groups in total. The summed E-state index contributed by atoms with van der Waals surface area (Å²) in [5.41, 5.74) is 6.99. The van der Waals surface area contributed by atoms with Gasteiger partial charge in [0, 0.05) is 47.2 Å². The zero-order chi connectivity index (χ0) is 29.8. The van der Waals surface area contributed by atoms with Crippen LogP contribution in [-0.2, 0) is 0 Å². The summed E-state index contributed by atoms with van der Waals surface area (Å²) in [5, 5.41) is 3.13. The van der Waals surface area contributed by atoms with E-state index in [1.165, 1.54) is 41.6 Å². The summed E-state index contributed by atoms with van der Waals surface area (Å²) in [6.45, 7) is 5.48. The topological polar surface area (TPSA) is 101 Å². The number of hydrogen-bond acceptors (Lipinski definition) is 8. The standard InChI is InChI=1S/C31H34FN5O3S2/c1-19(18-34-12-10-33)9-14-41-26-17-25-22(16-23(26)32)29(38)28(30(39)35-11-8-20-5-4-13-36(20)2)31-37(25)24-7-6-21(40-3)15-27(24)42-31/h6-7,10,12,15-18,20H,1,4-5,8-9,11,13-14,33H2,2-3H3,(H,35,39)/b12-10-,34-18?. The van der Waals surface area contributed by atoms with Gasteiger partial charge < -0.3 is 20.7 Å². The van der Waals surface area contributed by atoms with Crippen LogP contribution in [0.2, 0.25) is 0 Å². The van der Waals surface area contributed by atoms with Crippen molar-refractivity contribution in [2.24, 2.45) is 10.7 Å². The number of nitrogens with zero attached hydrogens (tertiary/aromatic N) is 3. The third kappa shape index (κ3) is 6.08. The molecule has 42 heavy (non-hydrogen) atoms. The number of methoxy groups -OCH3 is 1. The normalized spacial score (nSPS) is 16.0. The molecule has 1 atom stereocenters. The number of aromatic nitrogens is 1. The van der Waals surface area contributed by atoms with Gasteiger partial charge in [0.1, 0.15) is 22.0 Å². The highest BCUT2D eigenvalue weighted by Crippen LogP contribution is 2.35. The van der Waals surface area contributed by atoms with Crippen molar-refractivity contribution in [1.82, 2.24) is 14.6 Å². The third-order valence-corrected chi connectivity index (χ3v) is 9.73. The molecule has 0 bridgehead atoms. The summed E-state index contributed by atoms with van der Waals surface area (Å²) in [4.78, 5) is 34.6. The average Bonchev–Trinajstić information content (AvgIpc) is 3.56. The van der Waals surface area contributed by atoms with Crippen molar-refractivity contribution in [3.8, 4) is 5.75 Å². The van der Waals surface area contributed by atoms with Crippen molar-refractivity contribution in [2.75, 3.05) is 33.0 Å². The minimum Gasteiger partial charge on any atom is -0.497 e. The minimum atomic E-state index is -0.508. The summed E-state index contributed by atoms with van der Waals surface area (Å²) in [6, 6.07) is 8.99. The fraction of sp³-hybridized carbons (Fsp3) is 0.323. The molecule has 0 spiro atoms. The Morgan fingerprint density at radius 2 is 2.17 bits per heavy atom. The van der Waals surface area contributed by atoms with E-state index < -0.39 is 17.2 Å². The number of halogens is 1. The maximum absolute atomic E-state index is 15.4. The molecule has 11 heteroatoms. The SMILES string of the molecule is C=C(C=N/C=C\N)CCSc1cc2c(cc1F)c(=O)c(C(=O)NCCC1CCCN1C)c1sc3cc(OC)ccc3n12. The second-order valence-electron chi connectivity index (χ2n) is 10.3. The van der Waals surface area contributed by atoms with Crippen LogP contribution in [-0.4, -0.2) is 60.5 Å². The highest BCUT2D eigenvalue weighted by atomic mass is 32.2. The molecule has 1 aliphatic heterocycles. The Labute approximate surface area is 251 Å². The van der Waals surface area contributed by atoms with Gasteiger partial charge in [0.25, 0.3) is 5.91 Å². The Hall–Kier alpha value is -3.67. The number of rotatable bonds is 11. The maximum atomic E-state index is 15.4. The van der Waals surface area contributed by atoms with E-state index in [1.54, 1.807) is 19.4 Å². The van der Waals surface area contributed by atoms with Crippen LogP contribution < -0.4 is 21.2 Å². The molecule has 1 unspecified atom stereocenters. The number of allylic oxidation sites excluding steroid dienone is 1. The lowest BCUT2D eigenvalue weighted by Crippen LogP contribution is -2.34. The van der Waals surface area contributed by atoms with E-state index in [9.17, 15) is 9.59 Å². The van der Waals surface area contributed by atoms with Gasteiger partial charge in [0.05, 0.1) is 22.8 Å². The first kappa shape index (κ1) is 29.8. The molecular formula is C31H34FN5O3S2. The van der Waals surface area contributed by atoms with Gasteiger partial charge in [0.2, 0.25) is 5.43 Å². The Bertz CT molecular complexity index is 1780. The number of carbonyl (C=O) groups is 1. The fourth-order valence-corrected chi connectivity index (χ4v) is 7.54. The first-order valence-electron chi connectivity index (χ1n) is 13.8. The molecule has 1 fully saturated rings. The Balaban J connectivity index is 1.54. The molecule has 5 rings (SSSR count). The van der Waals surface area contributed by atoms with E-state index in [-0.39, 0.29) is 10.9 Å². The second kappa shape index (κ2) is 13.1. The number of nitrogens with two attached hydrogens (primary N) is 1. The van der Waals surface area contributed by atoms with Crippen molar-refractivity contribution in [2.45, 2.75) is 36.6 Å². The van der Waals surface area contributed by atoms with Gasteiger partial charge in [-0.2, -0.15) is 0 Å². The predicted octanol–water partition coefficient (Wildman–Crippen LogP) is 5.57. The van der Waals surface area contributed by atoms with E-state index in [0.717, 1.165) is 41.6 Å². The van der Waals surface area contributed by atoms with E-state index in [0.29, 0.717) is 45.8 Å². The molecular weight excluding hydrogens is 574 g/mol. The van der Waals surface area contributed by atoms with Gasteiger partial charge in [-0.15, -0.1) is 23.1 Å². The number of likely N-dealkylation sites (tertiary alicyclic amines) is 1. The smallest absolute Gasteiger partial charge is 0.258 e. The minimum absolute atomic E-state index is 0.0318. The van der Waals surface area contributed by atoms with Gasteiger partial charge >= 0.3 is 0 Å². The molecule has 0 aliphatic carbocycles. The quantitative estimate of drug-likeness (QED) is 0.171. The summed E-state index contributed by atoms with van der Waals surface area (Å²) >= 11 is 2.68. The van der Waals surface area contributed by atoms with Crippen LogP contribution in [0.3, 0.4) is 0 Å². The number of amides is 1. The first-order chi connectivity index (χ1) is 20.3. The molecule has 220 valence electrons. The molecule has 1 saturated heterocycles. The van der Waals surface area contributed by atoms with E-state index >= 15 is 4.39 Å². The molecule has 1 amide bonds. The first-order valence-corrected chi connectivity index (χ1v) is 15.6. The molecule has 2 aromatic carbocycles. The molecule has 0 radical (unpaired) electrons. The van der Waals surface area contributed by atoms with Gasteiger partial charge in [-0.25, -0.2) is 4.39 Å². The number of thiazole rings is 1. The fourth-order valence-electron chi connectivity index (χ4n) is 5.34. The lowest BCUT2D eigenvalue weighted by atomic mass is 10.1. The van der Waals surface area contributed by atoms with E-state index in [4.69, 9.17) is 10.5 Å². The van der Waals surface area contributed by atoms with Gasteiger partial charge in [-0.05, 0) is 75.2 Å². The predicted molar refractivity (Wildman–Crippen MR) is 172 cm³/mol. The van der Waals surface area contributed by atoms with Gasteiger partial charge in [0.15, 0.2) is 0 Å². The highest BCUT2D eigenvalue weighted by Gasteiger charge is 2.25. The van der Waals surface area contributed by atoms with Crippen LogP contribution in [0.1, 0.15) is 36.0 Å². The molecule has 1 aliphatic rings. The number of fused-ring (bicyclic) bond motifs is 5. The van der Waals surface area contributed by atoms with E-state index in [2.05, 4.69) is 28.8 Å². The monoisotopic (exact) mass is 607 g/mol. The van der Waals surface area contributed by atoms with Crippen molar-refractivity contribution in [3.05, 3.63) is 76.5 Å². The Kier molecular flexibility index (Phi) is 9.30. The van der Waals surface area contributed by atoms with Crippen LogP contribution >= 0.6 is 23.1 Å². The molecule has 0 saturated carbocycles. The van der Waals surface area contributed by atoms with E-state index in [1.807, 2.05) is 22.6 Å². The van der Waals surface area contributed by atoms with Crippen LogP contribution in [0, 0.1) is 5.82 Å². The number of thioether (sulfide) groups is 1. The highest BCUT2D eigenvalue weighted by molar-refractivity contribution is 7.99. The Morgan fingerprint density at radius 1 is 1.33 bits per heavy atom. The number of hydrogen-bond donors (Lipinski definition) is 2. The van der Waals surface area contributed by atoms with Crippen LogP contribution in [0.4, 0.5) is 4.39 Å². The number of nitrogens with one attached hydrogen (secondary N) is 1. The molecule has 3 heterocycles. The third-order valence-electron chi connectivity index (χ3n) is 7.57. The van der Waals surface area contributed by atoms with Crippen molar-refractivity contribution in [3.63, 3.8) is 0 Å². The number of benzene rings is 2. The largest absolute Gasteiger partial charge is 0.497 e. The maximum Gasteiger partial charge on any atom is 0.258 e. The number of carbonyl (C=O) groups excluding carboxylic acids is 1. The molecule has 8 nitrogen and oxygen atoms in total. The lowest BCUT2D eigenvalue weighted by molar-refractivity contribution is 0.0951. The number of pyridine rings is 1. The zero-order valence-corrected chi connectivity index (χ0v) is 25.3. The van der Waals surface area contributed by atoms with Crippen molar-refractivity contribution >= 4 is 61.2 Å². The summed E-state index contributed by atoms with van der Waals surface area (Å²) in [6.07, 6.45) is 8.06. The van der Waals surface area contributed by atoms with Gasteiger partial charge in [-0.1, -0.05) is 6.58 Å². The summed E-state index contributed by atoms with van der Waals surface area (Å²) < 4.78 is 23.6. The van der Waals surface area contributed by atoms with Gasteiger partial charge in [-0.3, -0.25) is 19.0 Å². The molecule has 2 aromatic heterocycles. The van der Waals surface area contributed by atoms with Crippen LogP contribution in [0.15, 0.2) is 69.6 Å². The second-order valence-corrected chi connectivity index (χ2v) is 12.4. The van der Waals surface area contributed by atoms with Crippen molar-refractivity contribution in [1.29, 1.82) is 0 Å². The van der Waals surface area contributed by atoms with Crippen LogP contribution in [0.5, 0.6) is 5.75 Å².